The van der Waals surface area contributed by atoms with E-state index in [-0.39, 0.29) is 16.7 Å². The van der Waals surface area contributed by atoms with Crippen LogP contribution in [0.25, 0.3) is 0 Å². The van der Waals surface area contributed by atoms with Gasteiger partial charge in [0.25, 0.3) is 0 Å². The van der Waals surface area contributed by atoms with Crippen molar-refractivity contribution in [2.45, 2.75) is 20.3 Å². The molecule has 1 aromatic rings. The summed E-state index contributed by atoms with van der Waals surface area (Å²) in [5.41, 5.74) is 0.162. The largest absolute Gasteiger partial charge is 0.481 e. The third kappa shape index (κ3) is 5.49. The van der Waals surface area contributed by atoms with Gasteiger partial charge in [-0.3, -0.25) is 4.79 Å². The van der Waals surface area contributed by atoms with E-state index in [1.54, 1.807) is 7.11 Å². The number of carbonyl (C=O) groups is 1. The highest BCUT2D eigenvalue weighted by Crippen LogP contribution is 2.20. The molecule has 0 aliphatic carbocycles. The van der Waals surface area contributed by atoms with E-state index in [1.807, 2.05) is 0 Å². The van der Waals surface area contributed by atoms with E-state index >= 15 is 0 Å². The fourth-order valence-corrected chi connectivity index (χ4v) is 1.40. The molecule has 0 aliphatic rings. The van der Waals surface area contributed by atoms with Crippen molar-refractivity contribution in [1.82, 2.24) is 0 Å². The predicted octanol–water partition coefficient (Wildman–Crippen LogP) is 2.47. The van der Waals surface area contributed by atoms with Crippen LogP contribution in [0.4, 0.5) is 8.78 Å². The number of methoxy groups -OCH3 is 1. The maximum Gasteiger partial charge on any atom is 0.307 e. The number of rotatable bonds is 3. The number of terminal acetylenes is 1. The quantitative estimate of drug-likeness (QED) is 0.858. The Kier molecular flexibility index (Phi) is 7.39. The highest BCUT2D eigenvalue weighted by molar-refractivity contribution is 5.70. The molecule has 0 fully saturated rings. The normalized spacial score (nSPS) is 9.26. The molecular weight excluding hydrogens is 254 g/mol. The summed E-state index contributed by atoms with van der Waals surface area (Å²) in [5, 5.41) is 8.48. The maximum atomic E-state index is 13.3. The van der Waals surface area contributed by atoms with E-state index in [0.717, 1.165) is 0 Å². The first-order chi connectivity index (χ1) is 8.84. The van der Waals surface area contributed by atoms with Crippen LogP contribution in [0.2, 0.25) is 0 Å². The molecule has 104 valence electrons. The summed E-state index contributed by atoms with van der Waals surface area (Å²) in [6, 6.07) is 1.23. The second-order valence-corrected chi connectivity index (χ2v) is 3.81. The Morgan fingerprint density at radius 1 is 1.42 bits per heavy atom. The first-order valence-electron chi connectivity index (χ1n) is 5.43. The van der Waals surface area contributed by atoms with Gasteiger partial charge in [0.05, 0.1) is 6.42 Å². The van der Waals surface area contributed by atoms with Gasteiger partial charge in [-0.1, -0.05) is 5.92 Å². The van der Waals surface area contributed by atoms with Crippen LogP contribution >= 0.6 is 0 Å². The third-order valence-electron chi connectivity index (χ3n) is 2.25. The van der Waals surface area contributed by atoms with Crippen LogP contribution in [0.5, 0.6) is 0 Å². The highest BCUT2D eigenvalue weighted by Gasteiger charge is 2.14. The smallest absolute Gasteiger partial charge is 0.307 e. The Labute approximate surface area is 111 Å². The summed E-state index contributed by atoms with van der Waals surface area (Å²) in [6.07, 6.45) is 4.34. The summed E-state index contributed by atoms with van der Waals surface area (Å²) in [4.78, 5) is 10.4. The summed E-state index contributed by atoms with van der Waals surface area (Å²) in [6.45, 7) is 3.19. The van der Waals surface area contributed by atoms with Gasteiger partial charge in [-0.05, 0) is 31.0 Å². The molecular formula is C14H16F2O3. The molecule has 3 nitrogen and oxygen atoms in total. The van der Waals surface area contributed by atoms with Gasteiger partial charge in [-0.15, -0.1) is 6.42 Å². The minimum atomic E-state index is -1.13. The number of hydrogen-bond donors (Lipinski definition) is 1. The monoisotopic (exact) mass is 270 g/mol. The Morgan fingerprint density at radius 3 is 2.37 bits per heavy atom. The summed E-state index contributed by atoms with van der Waals surface area (Å²) >= 11 is 0. The van der Waals surface area contributed by atoms with Crippen LogP contribution in [-0.2, 0) is 16.0 Å². The molecule has 0 saturated heterocycles. The first kappa shape index (κ1) is 17.1. The van der Waals surface area contributed by atoms with Gasteiger partial charge in [0, 0.05) is 12.7 Å². The van der Waals surface area contributed by atoms with Crippen molar-refractivity contribution in [3.8, 4) is 12.3 Å². The van der Waals surface area contributed by atoms with Gasteiger partial charge in [0.15, 0.2) is 0 Å². The Balaban J connectivity index is 0.000000555. The molecule has 1 N–H and O–H groups in total. The number of halogens is 2. The zero-order valence-electron chi connectivity index (χ0n) is 11.1. The average molecular weight is 270 g/mol. The van der Waals surface area contributed by atoms with Gasteiger partial charge in [-0.25, -0.2) is 8.78 Å². The zero-order valence-corrected chi connectivity index (χ0v) is 11.1. The molecule has 0 spiro atoms. The van der Waals surface area contributed by atoms with Crippen molar-refractivity contribution >= 4 is 5.97 Å². The average Bonchev–Trinajstić information content (AvgIpc) is 2.34. The van der Waals surface area contributed by atoms with E-state index in [9.17, 15) is 13.6 Å². The number of ether oxygens (including phenoxy) is 1. The molecule has 0 aromatic heterocycles. The standard InChI is InChI=1S/C10H10F2O2.C4H6O/c1-5-3-7(4-8(13)14)10(12)6(2)9(5)11;1-3-4-5-2/h3H,4H2,1-2H3,(H,13,14);1H,4H2,2H3. The minimum absolute atomic E-state index is 0.0221. The topological polar surface area (TPSA) is 46.5 Å². The van der Waals surface area contributed by atoms with E-state index in [0.29, 0.717) is 6.61 Å². The Hall–Kier alpha value is -1.93. The summed E-state index contributed by atoms with van der Waals surface area (Å²) < 4.78 is 30.9. The van der Waals surface area contributed by atoms with Crippen molar-refractivity contribution in [3.63, 3.8) is 0 Å². The number of hydrogen-bond acceptors (Lipinski definition) is 2. The molecule has 1 rings (SSSR count). The highest BCUT2D eigenvalue weighted by atomic mass is 19.1. The fourth-order valence-electron chi connectivity index (χ4n) is 1.40. The van der Waals surface area contributed by atoms with Crippen LogP contribution < -0.4 is 0 Å². The SMILES string of the molecule is C#CCOC.Cc1cc(CC(=O)O)c(F)c(C)c1F. The van der Waals surface area contributed by atoms with Gasteiger partial charge in [-0.2, -0.15) is 0 Å². The molecule has 0 unspecified atom stereocenters. The molecule has 0 saturated carbocycles. The number of aryl methyl sites for hydroxylation is 1. The second-order valence-electron chi connectivity index (χ2n) is 3.81. The first-order valence-corrected chi connectivity index (χ1v) is 5.43. The van der Waals surface area contributed by atoms with Crippen molar-refractivity contribution in [2.24, 2.45) is 0 Å². The van der Waals surface area contributed by atoms with Crippen LogP contribution in [-0.4, -0.2) is 24.8 Å². The molecule has 0 bridgehead atoms. The van der Waals surface area contributed by atoms with E-state index in [4.69, 9.17) is 11.5 Å². The van der Waals surface area contributed by atoms with Gasteiger partial charge in [0.1, 0.15) is 18.2 Å². The van der Waals surface area contributed by atoms with Crippen molar-refractivity contribution in [1.29, 1.82) is 0 Å². The summed E-state index contributed by atoms with van der Waals surface area (Å²) in [7, 11) is 1.57. The number of aliphatic carboxylic acids is 1. The lowest BCUT2D eigenvalue weighted by molar-refractivity contribution is -0.136. The number of carboxylic acid groups (broad SMARTS) is 1. The molecule has 0 aliphatic heterocycles. The fraction of sp³-hybridized carbons (Fsp3) is 0.357. The lowest BCUT2D eigenvalue weighted by Crippen LogP contribution is -2.06. The van der Waals surface area contributed by atoms with Crippen LogP contribution in [0, 0.1) is 37.8 Å². The molecule has 0 atom stereocenters. The van der Waals surface area contributed by atoms with Crippen LogP contribution in [0.15, 0.2) is 6.07 Å². The maximum absolute atomic E-state index is 13.3. The lowest BCUT2D eigenvalue weighted by atomic mass is 10.0. The predicted molar refractivity (Wildman–Crippen MR) is 67.9 cm³/mol. The van der Waals surface area contributed by atoms with Gasteiger partial charge < -0.3 is 9.84 Å². The molecule has 0 heterocycles. The minimum Gasteiger partial charge on any atom is -0.481 e. The second kappa shape index (κ2) is 8.22. The van der Waals surface area contributed by atoms with Gasteiger partial charge in [0.2, 0.25) is 0 Å². The van der Waals surface area contributed by atoms with Crippen LogP contribution in [0.1, 0.15) is 16.7 Å². The number of benzene rings is 1. The van der Waals surface area contributed by atoms with E-state index < -0.39 is 24.0 Å². The van der Waals surface area contributed by atoms with Crippen molar-refractivity contribution in [2.75, 3.05) is 13.7 Å². The van der Waals surface area contributed by atoms with E-state index in [1.165, 1.54) is 19.9 Å². The third-order valence-corrected chi connectivity index (χ3v) is 2.25. The molecule has 1 aromatic carbocycles. The van der Waals surface area contributed by atoms with Gasteiger partial charge >= 0.3 is 5.97 Å². The van der Waals surface area contributed by atoms with Crippen molar-refractivity contribution < 1.29 is 23.4 Å². The zero-order chi connectivity index (χ0) is 15.0. The molecule has 5 heteroatoms. The van der Waals surface area contributed by atoms with Crippen LogP contribution in [0.3, 0.4) is 0 Å². The van der Waals surface area contributed by atoms with Crippen molar-refractivity contribution in [3.05, 3.63) is 34.4 Å². The molecule has 0 amide bonds. The number of carboxylic acids is 1. The lowest BCUT2D eigenvalue weighted by Gasteiger charge is -2.07. The molecule has 0 radical (unpaired) electrons. The van der Waals surface area contributed by atoms with E-state index in [2.05, 4.69) is 10.7 Å². The molecule has 19 heavy (non-hydrogen) atoms. The Bertz CT molecular complexity index is 490. The Morgan fingerprint density at radius 2 is 2.00 bits per heavy atom. The summed E-state index contributed by atoms with van der Waals surface area (Å²) in [5.74, 6) is -0.217.